The monoisotopic (exact) mass is 385 g/mol. The summed E-state index contributed by atoms with van der Waals surface area (Å²) in [5.41, 5.74) is 0.530. The van der Waals surface area contributed by atoms with E-state index in [-0.39, 0.29) is 24.8 Å². The highest BCUT2D eigenvalue weighted by atomic mass is 79.9. The van der Waals surface area contributed by atoms with Gasteiger partial charge in [0.1, 0.15) is 5.75 Å². The largest absolute Gasteiger partial charge is 0.482 e. The summed E-state index contributed by atoms with van der Waals surface area (Å²) in [7, 11) is 0. The second-order valence-electron chi connectivity index (χ2n) is 4.41. The summed E-state index contributed by atoms with van der Waals surface area (Å²) in [6.45, 7) is -0.0987. The first kappa shape index (κ1) is 14.6. The van der Waals surface area contributed by atoms with Gasteiger partial charge in [0.15, 0.2) is 12.4 Å². The SMILES string of the molecule is O=C(CN1C(=O)COc2ccc(Cl)cc21)c1ccc(Br)s1. The van der Waals surface area contributed by atoms with Gasteiger partial charge < -0.3 is 4.74 Å². The molecule has 0 N–H and O–H groups in total. The number of nitrogens with zero attached hydrogens (tertiary/aromatic N) is 1. The van der Waals surface area contributed by atoms with Gasteiger partial charge in [-0.05, 0) is 46.3 Å². The summed E-state index contributed by atoms with van der Waals surface area (Å²) in [6.07, 6.45) is 0. The molecule has 0 bridgehead atoms. The molecule has 0 saturated carbocycles. The van der Waals surface area contributed by atoms with Crippen LogP contribution in [0, 0.1) is 0 Å². The van der Waals surface area contributed by atoms with Gasteiger partial charge in [-0.3, -0.25) is 14.5 Å². The molecule has 1 aromatic carbocycles. The summed E-state index contributed by atoms with van der Waals surface area (Å²) in [5.74, 6) is 0.180. The highest BCUT2D eigenvalue weighted by Gasteiger charge is 2.28. The summed E-state index contributed by atoms with van der Waals surface area (Å²) in [4.78, 5) is 26.3. The Kier molecular flexibility index (Phi) is 4.01. The number of halogens is 2. The Balaban J connectivity index is 1.90. The Morgan fingerprint density at radius 3 is 2.90 bits per heavy atom. The zero-order valence-electron chi connectivity index (χ0n) is 10.6. The van der Waals surface area contributed by atoms with E-state index < -0.39 is 0 Å². The van der Waals surface area contributed by atoms with Gasteiger partial charge in [0.25, 0.3) is 5.91 Å². The Labute approximate surface area is 138 Å². The van der Waals surface area contributed by atoms with Gasteiger partial charge in [0, 0.05) is 5.02 Å². The van der Waals surface area contributed by atoms with Gasteiger partial charge in [-0.25, -0.2) is 0 Å². The number of Topliss-reactive ketones (excluding diaryl/α,β-unsaturated/α-hetero) is 1. The van der Waals surface area contributed by atoms with E-state index >= 15 is 0 Å². The Hall–Kier alpha value is -1.37. The number of anilines is 1. The first-order valence-electron chi connectivity index (χ1n) is 6.06. The maximum absolute atomic E-state index is 12.3. The van der Waals surface area contributed by atoms with E-state index in [9.17, 15) is 9.59 Å². The van der Waals surface area contributed by atoms with Gasteiger partial charge in [0.05, 0.1) is 20.9 Å². The molecule has 2 heterocycles. The van der Waals surface area contributed by atoms with E-state index in [1.54, 1.807) is 24.3 Å². The molecule has 0 spiro atoms. The molecule has 0 radical (unpaired) electrons. The molecule has 0 aliphatic carbocycles. The number of carbonyl (C=O) groups excluding carboxylic acids is 2. The number of thiophene rings is 1. The molecule has 0 unspecified atom stereocenters. The predicted molar refractivity (Wildman–Crippen MR) is 85.6 cm³/mol. The normalized spacial score (nSPS) is 13.8. The van der Waals surface area contributed by atoms with Crippen molar-refractivity contribution in [2.75, 3.05) is 18.1 Å². The lowest BCUT2D eigenvalue weighted by atomic mass is 10.2. The molecule has 1 aromatic heterocycles. The van der Waals surface area contributed by atoms with Gasteiger partial charge >= 0.3 is 0 Å². The van der Waals surface area contributed by atoms with Gasteiger partial charge in [0.2, 0.25) is 0 Å². The lowest BCUT2D eigenvalue weighted by Crippen LogP contribution is -2.41. The zero-order valence-corrected chi connectivity index (χ0v) is 13.8. The number of hydrogen-bond donors (Lipinski definition) is 0. The molecule has 1 amide bonds. The number of amides is 1. The molecule has 3 rings (SSSR count). The van der Waals surface area contributed by atoms with Crippen LogP contribution in [-0.4, -0.2) is 24.8 Å². The van der Waals surface area contributed by atoms with Crippen LogP contribution in [0.3, 0.4) is 0 Å². The van der Waals surface area contributed by atoms with Crippen molar-refractivity contribution in [3.63, 3.8) is 0 Å². The summed E-state index contributed by atoms with van der Waals surface area (Å²) in [5, 5.41) is 0.489. The molecular formula is C14H9BrClNO3S. The number of hydrogen-bond acceptors (Lipinski definition) is 4. The van der Waals surface area contributed by atoms with Crippen LogP contribution in [0.2, 0.25) is 5.02 Å². The number of rotatable bonds is 3. The maximum atomic E-state index is 12.3. The quantitative estimate of drug-likeness (QED) is 0.754. The lowest BCUT2D eigenvalue weighted by molar-refractivity contribution is -0.121. The van der Waals surface area contributed by atoms with Crippen LogP contribution >= 0.6 is 38.9 Å². The molecule has 1 aliphatic rings. The van der Waals surface area contributed by atoms with E-state index in [1.807, 2.05) is 6.07 Å². The molecule has 21 heavy (non-hydrogen) atoms. The van der Waals surface area contributed by atoms with Crippen LogP contribution in [0.25, 0.3) is 0 Å². The minimum Gasteiger partial charge on any atom is -0.482 e. The summed E-state index contributed by atoms with van der Waals surface area (Å²) < 4.78 is 6.22. The average molecular weight is 387 g/mol. The van der Waals surface area contributed by atoms with Gasteiger partial charge in [-0.15, -0.1) is 11.3 Å². The van der Waals surface area contributed by atoms with E-state index in [2.05, 4.69) is 15.9 Å². The maximum Gasteiger partial charge on any atom is 0.265 e. The molecule has 7 heteroatoms. The van der Waals surface area contributed by atoms with Gasteiger partial charge in [-0.1, -0.05) is 11.6 Å². The van der Waals surface area contributed by atoms with Crippen molar-refractivity contribution in [1.82, 2.24) is 0 Å². The van der Waals surface area contributed by atoms with Crippen LogP contribution in [0.4, 0.5) is 5.69 Å². The number of ether oxygens (including phenoxy) is 1. The standard InChI is InChI=1S/C14H9BrClNO3S/c15-13-4-3-12(21-13)10(18)6-17-9-5-8(16)1-2-11(9)20-7-14(17)19/h1-5H,6-7H2. The molecule has 2 aromatic rings. The fourth-order valence-electron chi connectivity index (χ4n) is 2.03. The summed E-state index contributed by atoms with van der Waals surface area (Å²) >= 11 is 10.6. The predicted octanol–water partition coefficient (Wildman–Crippen LogP) is 3.77. The van der Waals surface area contributed by atoms with Crippen LogP contribution in [-0.2, 0) is 4.79 Å². The van der Waals surface area contributed by atoms with E-state index in [1.165, 1.54) is 16.2 Å². The number of fused-ring (bicyclic) bond motifs is 1. The topological polar surface area (TPSA) is 46.6 Å². The Morgan fingerprint density at radius 2 is 2.19 bits per heavy atom. The first-order chi connectivity index (χ1) is 10.0. The third-order valence-corrected chi connectivity index (χ3v) is 4.91. The fraction of sp³-hybridized carbons (Fsp3) is 0.143. The summed E-state index contributed by atoms with van der Waals surface area (Å²) in [6, 6.07) is 8.56. The van der Waals surface area contributed by atoms with Crippen molar-refractivity contribution < 1.29 is 14.3 Å². The van der Waals surface area contributed by atoms with Gasteiger partial charge in [-0.2, -0.15) is 0 Å². The minimum absolute atomic E-state index is 0.0253. The first-order valence-corrected chi connectivity index (χ1v) is 8.04. The zero-order chi connectivity index (χ0) is 15.0. The molecule has 4 nitrogen and oxygen atoms in total. The highest BCUT2D eigenvalue weighted by molar-refractivity contribution is 9.11. The van der Waals surface area contributed by atoms with Crippen LogP contribution < -0.4 is 9.64 Å². The number of ketones is 1. The Bertz CT molecular complexity index is 731. The average Bonchev–Trinajstić information content (AvgIpc) is 2.89. The lowest BCUT2D eigenvalue weighted by Gasteiger charge is -2.28. The molecule has 1 aliphatic heterocycles. The number of carbonyl (C=O) groups is 2. The molecular weight excluding hydrogens is 378 g/mol. The van der Waals surface area contributed by atoms with Crippen molar-refractivity contribution in [3.8, 4) is 5.75 Å². The van der Waals surface area contributed by atoms with Crippen molar-refractivity contribution in [2.24, 2.45) is 0 Å². The van der Waals surface area contributed by atoms with E-state index in [0.29, 0.717) is 21.3 Å². The van der Waals surface area contributed by atoms with Crippen LogP contribution in [0.5, 0.6) is 5.75 Å². The second-order valence-corrected chi connectivity index (χ2v) is 7.31. The molecule has 108 valence electrons. The molecule has 0 fully saturated rings. The van der Waals surface area contributed by atoms with Crippen molar-refractivity contribution >= 4 is 56.2 Å². The van der Waals surface area contributed by atoms with Crippen molar-refractivity contribution in [3.05, 3.63) is 44.0 Å². The minimum atomic E-state index is -0.256. The smallest absolute Gasteiger partial charge is 0.265 e. The third-order valence-electron chi connectivity index (χ3n) is 3.01. The van der Waals surface area contributed by atoms with Crippen LogP contribution in [0.15, 0.2) is 34.1 Å². The third kappa shape index (κ3) is 2.97. The molecule has 0 saturated heterocycles. The second kappa shape index (κ2) is 5.79. The van der Waals surface area contributed by atoms with Crippen molar-refractivity contribution in [2.45, 2.75) is 0 Å². The van der Waals surface area contributed by atoms with E-state index in [0.717, 1.165) is 3.79 Å². The number of benzene rings is 1. The fourth-order valence-corrected chi connectivity index (χ4v) is 3.52. The molecule has 0 atom stereocenters. The Morgan fingerprint density at radius 1 is 1.38 bits per heavy atom. The van der Waals surface area contributed by atoms with E-state index in [4.69, 9.17) is 16.3 Å². The van der Waals surface area contributed by atoms with Crippen molar-refractivity contribution in [1.29, 1.82) is 0 Å². The highest BCUT2D eigenvalue weighted by Crippen LogP contribution is 2.34. The van der Waals surface area contributed by atoms with Crippen LogP contribution in [0.1, 0.15) is 9.67 Å².